The summed E-state index contributed by atoms with van der Waals surface area (Å²) < 4.78 is 13.2. The van der Waals surface area contributed by atoms with E-state index in [-0.39, 0.29) is 0 Å². The predicted molar refractivity (Wildman–Crippen MR) is 137 cm³/mol. The molecule has 0 radical (unpaired) electrons. The molecule has 0 amide bonds. The van der Waals surface area contributed by atoms with Crippen LogP contribution in [-0.2, 0) is 9.16 Å². The van der Waals surface area contributed by atoms with Crippen molar-refractivity contribution in [2.75, 3.05) is 12.2 Å². The highest BCUT2D eigenvalue weighted by atomic mass is 32.2. The van der Waals surface area contributed by atoms with Gasteiger partial charge in [0.2, 0.25) is 0 Å². The minimum absolute atomic E-state index is 0.297. The van der Waals surface area contributed by atoms with Crippen LogP contribution in [0.15, 0.2) is 11.6 Å². The SMILES string of the molecule is CSCO[C@H]1CC[C@H]2[C@@H]3CC=C4C[C@@H](O[Si](C)(C)C(C)(C)C)CC[C@]4(C)[C@H]3CC[C@]12C. The zero-order chi connectivity index (χ0) is 22.7. The first kappa shape index (κ1) is 24.4. The summed E-state index contributed by atoms with van der Waals surface area (Å²) in [4.78, 5) is 0. The zero-order valence-corrected chi connectivity index (χ0v) is 23.4. The molecule has 3 saturated carbocycles. The summed E-state index contributed by atoms with van der Waals surface area (Å²) >= 11 is 1.83. The third-order valence-corrected chi connectivity index (χ3v) is 15.5. The molecule has 0 unspecified atom stereocenters. The van der Waals surface area contributed by atoms with Gasteiger partial charge in [0.25, 0.3) is 0 Å². The number of ether oxygens (including phenoxy) is 1. The highest BCUT2D eigenvalue weighted by molar-refractivity contribution is 7.98. The third kappa shape index (κ3) is 4.14. The van der Waals surface area contributed by atoms with E-state index in [4.69, 9.17) is 9.16 Å². The summed E-state index contributed by atoms with van der Waals surface area (Å²) in [6.07, 6.45) is 16.3. The van der Waals surface area contributed by atoms with Gasteiger partial charge in [-0.05, 0) is 104 Å². The summed E-state index contributed by atoms with van der Waals surface area (Å²) in [6, 6.07) is 0. The summed E-state index contributed by atoms with van der Waals surface area (Å²) in [6.45, 7) is 17.1. The lowest BCUT2D eigenvalue weighted by atomic mass is 9.48. The van der Waals surface area contributed by atoms with Crippen molar-refractivity contribution >= 4 is 20.1 Å². The van der Waals surface area contributed by atoms with Crippen LogP contribution in [0.25, 0.3) is 0 Å². The second kappa shape index (κ2) is 8.47. The number of allylic oxidation sites excluding steroid dienone is 1. The predicted octanol–water partition coefficient (Wildman–Crippen LogP) is 8.05. The molecule has 0 N–H and O–H groups in total. The number of thioether (sulfide) groups is 1. The summed E-state index contributed by atoms with van der Waals surface area (Å²) in [7, 11) is -1.70. The average molecular weight is 465 g/mol. The Kier molecular flexibility index (Phi) is 6.65. The van der Waals surface area contributed by atoms with Crippen molar-refractivity contribution in [1.82, 2.24) is 0 Å². The molecule has 3 fully saturated rings. The van der Waals surface area contributed by atoms with Gasteiger partial charge in [-0.15, -0.1) is 11.8 Å². The Balaban J connectivity index is 1.49. The van der Waals surface area contributed by atoms with E-state index in [9.17, 15) is 0 Å². The standard InChI is InChI=1S/C27H48O2SSi/c1-25(2,3)31(7,8)29-20-13-15-26(4)19(17-20)9-10-21-22-11-12-24(28-18-30-6)27(22,5)16-14-23(21)26/h9,20-24H,10-18H2,1-8H3/t20-,21-,22-,23-,24-,26-,27-/m0/s1. The van der Waals surface area contributed by atoms with E-state index in [1.54, 1.807) is 5.57 Å². The van der Waals surface area contributed by atoms with Crippen molar-refractivity contribution in [2.24, 2.45) is 28.6 Å². The van der Waals surface area contributed by atoms with Crippen LogP contribution in [0.5, 0.6) is 0 Å². The topological polar surface area (TPSA) is 18.5 Å². The normalized spacial score (nSPS) is 43.1. The Hall–Kier alpha value is 0.227. The van der Waals surface area contributed by atoms with Gasteiger partial charge in [-0.1, -0.05) is 46.3 Å². The summed E-state index contributed by atoms with van der Waals surface area (Å²) in [5, 5.41) is 0.297. The molecule has 4 heteroatoms. The molecule has 31 heavy (non-hydrogen) atoms. The molecule has 7 atom stereocenters. The van der Waals surface area contributed by atoms with Crippen molar-refractivity contribution in [1.29, 1.82) is 0 Å². The Bertz CT molecular complexity index is 698. The molecule has 4 aliphatic rings. The second-order valence-corrected chi connectivity index (χ2v) is 18.8. The van der Waals surface area contributed by atoms with E-state index < -0.39 is 8.32 Å². The molecule has 178 valence electrons. The third-order valence-electron chi connectivity index (χ3n) is 10.6. The average Bonchev–Trinajstić information content (AvgIpc) is 3.02. The molecule has 0 spiro atoms. The van der Waals surface area contributed by atoms with Crippen molar-refractivity contribution < 1.29 is 9.16 Å². The minimum Gasteiger partial charge on any atom is -0.414 e. The zero-order valence-electron chi connectivity index (χ0n) is 21.6. The first-order valence-electron chi connectivity index (χ1n) is 12.9. The van der Waals surface area contributed by atoms with Gasteiger partial charge in [0, 0.05) is 6.10 Å². The van der Waals surface area contributed by atoms with Crippen LogP contribution in [-0.4, -0.2) is 32.7 Å². The quantitative estimate of drug-likeness (QED) is 0.233. The molecule has 0 aromatic rings. The Morgan fingerprint density at radius 2 is 1.81 bits per heavy atom. The van der Waals surface area contributed by atoms with E-state index in [0.717, 1.165) is 23.7 Å². The van der Waals surface area contributed by atoms with Crippen molar-refractivity contribution in [3.63, 3.8) is 0 Å². The fourth-order valence-corrected chi connectivity index (χ4v) is 9.39. The fraction of sp³-hybridized carbons (Fsp3) is 0.926. The highest BCUT2D eigenvalue weighted by Crippen LogP contribution is 2.65. The molecule has 0 aromatic carbocycles. The van der Waals surface area contributed by atoms with Crippen LogP contribution >= 0.6 is 11.8 Å². The van der Waals surface area contributed by atoms with Gasteiger partial charge >= 0.3 is 0 Å². The highest BCUT2D eigenvalue weighted by Gasteiger charge is 2.59. The molecule has 0 aliphatic heterocycles. The minimum atomic E-state index is -1.70. The summed E-state index contributed by atoms with van der Waals surface area (Å²) in [5.74, 6) is 3.46. The van der Waals surface area contributed by atoms with E-state index in [1.807, 2.05) is 11.8 Å². The molecule has 0 bridgehead atoms. The lowest BCUT2D eigenvalue weighted by molar-refractivity contribution is -0.0843. The van der Waals surface area contributed by atoms with Gasteiger partial charge in [0.05, 0.1) is 12.0 Å². The van der Waals surface area contributed by atoms with Gasteiger partial charge in [0.15, 0.2) is 8.32 Å². The largest absolute Gasteiger partial charge is 0.414 e. The smallest absolute Gasteiger partial charge is 0.192 e. The lowest BCUT2D eigenvalue weighted by Crippen LogP contribution is -2.52. The molecule has 2 nitrogen and oxygen atoms in total. The molecular formula is C27H48O2SSi. The number of hydrogen-bond donors (Lipinski definition) is 0. The number of rotatable bonds is 5. The van der Waals surface area contributed by atoms with E-state index in [2.05, 4.69) is 60.0 Å². The first-order valence-corrected chi connectivity index (χ1v) is 17.2. The molecule has 0 heterocycles. The van der Waals surface area contributed by atoms with Gasteiger partial charge in [-0.2, -0.15) is 0 Å². The van der Waals surface area contributed by atoms with Gasteiger partial charge in [-0.25, -0.2) is 0 Å². The van der Waals surface area contributed by atoms with Crippen LogP contribution < -0.4 is 0 Å². The molecule has 4 aliphatic carbocycles. The maximum atomic E-state index is 6.89. The van der Waals surface area contributed by atoms with Crippen molar-refractivity contribution in [3.05, 3.63) is 11.6 Å². The van der Waals surface area contributed by atoms with Crippen LogP contribution in [0, 0.1) is 28.6 Å². The van der Waals surface area contributed by atoms with Gasteiger partial charge in [0.1, 0.15) is 0 Å². The van der Waals surface area contributed by atoms with E-state index in [1.165, 1.54) is 51.4 Å². The maximum Gasteiger partial charge on any atom is 0.192 e. The van der Waals surface area contributed by atoms with Gasteiger partial charge in [-0.3, -0.25) is 0 Å². The Labute approximate surface area is 197 Å². The molecule has 0 saturated heterocycles. The first-order chi connectivity index (χ1) is 14.4. The van der Waals surface area contributed by atoms with Crippen molar-refractivity contribution in [3.8, 4) is 0 Å². The van der Waals surface area contributed by atoms with Crippen LogP contribution in [0.3, 0.4) is 0 Å². The van der Waals surface area contributed by atoms with E-state index >= 15 is 0 Å². The molecular weight excluding hydrogens is 416 g/mol. The summed E-state index contributed by atoms with van der Waals surface area (Å²) in [5.41, 5.74) is 2.57. The Morgan fingerprint density at radius 1 is 1.06 bits per heavy atom. The number of hydrogen-bond acceptors (Lipinski definition) is 3. The fourth-order valence-electron chi connectivity index (χ4n) is 7.70. The van der Waals surface area contributed by atoms with Crippen LogP contribution in [0.4, 0.5) is 0 Å². The lowest BCUT2D eigenvalue weighted by Gasteiger charge is -2.58. The maximum absolute atomic E-state index is 6.89. The molecule has 0 aromatic heterocycles. The molecule has 4 rings (SSSR count). The van der Waals surface area contributed by atoms with Crippen molar-refractivity contribution in [2.45, 2.75) is 116 Å². The second-order valence-electron chi connectivity index (χ2n) is 13.2. The Morgan fingerprint density at radius 3 is 2.48 bits per heavy atom. The van der Waals surface area contributed by atoms with Gasteiger partial charge < -0.3 is 9.16 Å². The van der Waals surface area contributed by atoms with Crippen LogP contribution in [0.1, 0.15) is 86.0 Å². The van der Waals surface area contributed by atoms with E-state index in [0.29, 0.717) is 28.1 Å². The number of fused-ring (bicyclic) bond motifs is 5. The van der Waals surface area contributed by atoms with Crippen LogP contribution in [0.2, 0.25) is 18.1 Å². The monoisotopic (exact) mass is 464 g/mol.